The number of nitrogens with zero attached hydrogens (tertiary/aromatic N) is 4. The predicted octanol–water partition coefficient (Wildman–Crippen LogP) is 7.17. The fourth-order valence-electron chi connectivity index (χ4n) is 5.91. The van der Waals surface area contributed by atoms with Crippen molar-refractivity contribution in [3.05, 3.63) is 47.4 Å². The van der Waals surface area contributed by atoms with Crippen molar-refractivity contribution in [2.75, 3.05) is 49.2 Å². The van der Waals surface area contributed by atoms with Gasteiger partial charge in [0, 0.05) is 69.3 Å². The fourth-order valence-corrected chi connectivity index (χ4v) is 6.13. The lowest BCUT2D eigenvalue weighted by Gasteiger charge is -2.36. The molecular weight excluding hydrogens is 510 g/mol. The zero-order valence-electron chi connectivity index (χ0n) is 23.6. The Labute approximate surface area is 238 Å². The zero-order valence-corrected chi connectivity index (χ0v) is 24.3. The van der Waals surface area contributed by atoms with E-state index in [1.807, 2.05) is 12.3 Å². The first-order valence-corrected chi connectivity index (χ1v) is 15.4. The highest BCUT2D eigenvalue weighted by Gasteiger charge is 2.29. The number of piperidine rings is 2. The minimum Gasteiger partial charge on any atom is -0.370 e. The summed E-state index contributed by atoms with van der Waals surface area (Å²) in [5.41, 5.74) is 3.62. The standard InChI is InChI=1S/C31H44ClN5O2/c1-3-5-19-38-30(39-20-6-4-2)24-12-17-37(18-13-24)31-34-21-25(22-35-31)23-10-15-36(16-11-23)28-8-7-27(32)26-9-14-33-29(26)28/h7-9,14,21-24,30,33H,3-6,10-13,15-20H2,1-2H3. The lowest BCUT2D eigenvalue weighted by Crippen LogP contribution is -2.40. The van der Waals surface area contributed by atoms with Crippen LogP contribution >= 0.6 is 11.6 Å². The summed E-state index contributed by atoms with van der Waals surface area (Å²) in [7, 11) is 0. The molecule has 39 heavy (non-hydrogen) atoms. The van der Waals surface area contributed by atoms with Gasteiger partial charge in [-0.25, -0.2) is 9.97 Å². The maximum absolute atomic E-state index is 6.38. The number of fused-ring (bicyclic) bond motifs is 1. The Kier molecular flexibility index (Phi) is 9.99. The summed E-state index contributed by atoms with van der Waals surface area (Å²) >= 11 is 6.38. The third-order valence-corrected chi connectivity index (χ3v) is 8.71. The Hall–Kier alpha value is -2.35. The van der Waals surface area contributed by atoms with Crippen molar-refractivity contribution < 1.29 is 9.47 Å². The monoisotopic (exact) mass is 553 g/mol. The van der Waals surface area contributed by atoms with Crippen molar-refractivity contribution >= 4 is 34.1 Å². The molecule has 1 N–H and O–H groups in total. The summed E-state index contributed by atoms with van der Waals surface area (Å²) in [6, 6.07) is 6.20. The van der Waals surface area contributed by atoms with Crippen molar-refractivity contribution in [1.82, 2.24) is 15.0 Å². The number of aromatic nitrogens is 3. The molecule has 0 bridgehead atoms. The van der Waals surface area contributed by atoms with Crippen LogP contribution in [0, 0.1) is 5.92 Å². The van der Waals surface area contributed by atoms with Gasteiger partial charge in [0.2, 0.25) is 5.95 Å². The highest BCUT2D eigenvalue weighted by molar-refractivity contribution is 6.35. The van der Waals surface area contributed by atoms with Crippen molar-refractivity contribution in [3.8, 4) is 0 Å². The summed E-state index contributed by atoms with van der Waals surface area (Å²) in [6.45, 7) is 9.88. The van der Waals surface area contributed by atoms with Gasteiger partial charge in [-0.05, 0) is 68.2 Å². The molecule has 0 radical (unpaired) electrons. The smallest absolute Gasteiger partial charge is 0.225 e. The van der Waals surface area contributed by atoms with Gasteiger partial charge in [0.05, 0.1) is 16.2 Å². The van der Waals surface area contributed by atoms with Gasteiger partial charge in [-0.1, -0.05) is 38.3 Å². The third kappa shape index (κ3) is 6.87. The minimum atomic E-state index is -0.0830. The lowest BCUT2D eigenvalue weighted by atomic mass is 9.91. The molecule has 0 aliphatic carbocycles. The van der Waals surface area contributed by atoms with Crippen LogP contribution in [-0.2, 0) is 9.47 Å². The second-order valence-corrected chi connectivity index (χ2v) is 11.5. The number of aromatic amines is 1. The average molecular weight is 554 g/mol. The van der Waals surface area contributed by atoms with E-state index < -0.39 is 0 Å². The van der Waals surface area contributed by atoms with Gasteiger partial charge in [-0.3, -0.25) is 0 Å². The van der Waals surface area contributed by atoms with Crippen LogP contribution in [0.1, 0.15) is 76.7 Å². The maximum Gasteiger partial charge on any atom is 0.225 e. The molecule has 2 fully saturated rings. The number of ether oxygens (including phenoxy) is 2. The molecule has 3 aromatic rings. The minimum absolute atomic E-state index is 0.0830. The molecule has 2 aliphatic rings. The third-order valence-electron chi connectivity index (χ3n) is 8.38. The normalized spacial score (nSPS) is 17.5. The zero-order chi connectivity index (χ0) is 27.0. The van der Waals surface area contributed by atoms with E-state index in [0.717, 1.165) is 113 Å². The van der Waals surface area contributed by atoms with Crippen LogP contribution in [0.5, 0.6) is 0 Å². The number of hydrogen-bond acceptors (Lipinski definition) is 6. The van der Waals surface area contributed by atoms with Gasteiger partial charge in [0.25, 0.3) is 0 Å². The van der Waals surface area contributed by atoms with E-state index >= 15 is 0 Å². The van der Waals surface area contributed by atoms with E-state index in [-0.39, 0.29) is 6.29 Å². The van der Waals surface area contributed by atoms with E-state index in [4.69, 9.17) is 31.0 Å². The number of anilines is 2. The maximum atomic E-state index is 6.38. The van der Waals surface area contributed by atoms with Gasteiger partial charge in [-0.15, -0.1) is 0 Å². The van der Waals surface area contributed by atoms with Crippen molar-refractivity contribution in [2.45, 2.75) is 77.4 Å². The first-order valence-electron chi connectivity index (χ1n) is 15.0. The predicted molar refractivity (Wildman–Crippen MR) is 160 cm³/mol. The second kappa shape index (κ2) is 13.8. The molecule has 4 heterocycles. The van der Waals surface area contributed by atoms with Crippen LogP contribution in [0.2, 0.25) is 5.02 Å². The van der Waals surface area contributed by atoms with Gasteiger partial charge in [0.15, 0.2) is 6.29 Å². The highest BCUT2D eigenvalue weighted by Crippen LogP contribution is 2.35. The molecule has 212 valence electrons. The number of hydrogen-bond donors (Lipinski definition) is 1. The summed E-state index contributed by atoms with van der Waals surface area (Å²) in [6.07, 6.45) is 14.7. The molecule has 2 saturated heterocycles. The topological polar surface area (TPSA) is 66.5 Å². The first-order chi connectivity index (χ1) is 19.2. The summed E-state index contributed by atoms with van der Waals surface area (Å²) in [4.78, 5) is 17.8. The molecule has 2 aromatic heterocycles. The van der Waals surface area contributed by atoms with Crippen molar-refractivity contribution in [2.24, 2.45) is 5.92 Å². The Balaban J connectivity index is 1.12. The molecule has 5 rings (SSSR count). The van der Waals surface area contributed by atoms with Gasteiger partial charge >= 0.3 is 0 Å². The van der Waals surface area contributed by atoms with E-state index in [2.05, 4.69) is 53.2 Å². The second-order valence-electron chi connectivity index (χ2n) is 11.1. The molecule has 0 unspecified atom stereocenters. The Morgan fingerprint density at radius 1 is 0.897 bits per heavy atom. The lowest BCUT2D eigenvalue weighted by molar-refractivity contribution is -0.177. The molecule has 7 nitrogen and oxygen atoms in total. The molecule has 0 saturated carbocycles. The van der Waals surface area contributed by atoms with E-state index in [0.29, 0.717) is 11.8 Å². The van der Waals surface area contributed by atoms with Crippen LogP contribution < -0.4 is 9.80 Å². The Morgan fingerprint density at radius 3 is 2.18 bits per heavy atom. The summed E-state index contributed by atoms with van der Waals surface area (Å²) in [5.74, 6) is 1.78. The molecular formula is C31H44ClN5O2. The first kappa shape index (κ1) is 28.2. The van der Waals surface area contributed by atoms with E-state index in [9.17, 15) is 0 Å². The molecule has 0 spiro atoms. The summed E-state index contributed by atoms with van der Waals surface area (Å²) in [5, 5.41) is 1.89. The quantitative estimate of drug-likeness (QED) is 0.189. The Morgan fingerprint density at radius 2 is 1.54 bits per heavy atom. The van der Waals surface area contributed by atoms with Crippen LogP contribution in [-0.4, -0.2) is 60.6 Å². The van der Waals surface area contributed by atoms with Gasteiger partial charge in [-0.2, -0.15) is 0 Å². The SMILES string of the molecule is CCCCOC(OCCCC)C1CCN(c2ncc(C3CCN(c4ccc(Cl)c5cc[nH]c45)CC3)cn2)CC1. The average Bonchev–Trinajstić information content (AvgIpc) is 3.48. The van der Waals surface area contributed by atoms with Crippen LogP contribution in [0.3, 0.4) is 0 Å². The number of H-pyrrole nitrogens is 1. The molecule has 0 atom stereocenters. The fraction of sp³-hybridized carbons (Fsp3) is 0.613. The van der Waals surface area contributed by atoms with Gasteiger partial charge < -0.3 is 24.3 Å². The Bertz CT molecular complexity index is 1140. The van der Waals surface area contributed by atoms with Crippen LogP contribution in [0.4, 0.5) is 11.6 Å². The molecule has 8 heteroatoms. The van der Waals surface area contributed by atoms with Crippen molar-refractivity contribution in [3.63, 3.8) is 0 Å². The van der Waals surface area contributed by atoms with Crippen LogP contribution in [0.15, 0.2) is 36.8 Å². The highest BCUT2D eigenvalue weighted by atomic mass is 35.5. The number of unbranched alkanes of at least 4 members (excludes halogenated alkanes) is 2. The molecule has 1 aromatic carbocycles. The largest absolute Gasteiger partial charge is 0.370 e. The number of benzene rings is 1. The number of halogens is 1. The van der Waals surface area contributed by atoms with E-state index in [1.54, 1.807) is 0 Å². The summed E-state index contributed by atoms with van der Waals surface area (Å²) < 4.78 is 12.3. The van der Waals surface area contributed by atoms with Gasteiger partial charge in [0.1, 0.15) is 0 Å². The number of nitrogens with one attached hydrogen (secondary N) is 1. The van der Waals surface area contributed by atoms with Crippen LogP contribution in [0.25, 0.3) is 10.9 Å². The van der Waals surface area contributed by atoms with E-state index in [1.165, 1.54) is 11.3 Å². The van der Waals surface area contributed by atoms with Crippen molar-refractivity contribution in [1.29, 1.82) is 0 Å². The number of rotatable bonds is 12. The molecule has 0 amide bonds. The molecule has 2 aliphatic heterocycles.